The number of rotatable bonds is 2. The van der Waals surface area contributed by atoms with E-state index >= 15 is 0 Å². The Hall–Kier alpha value is -2.16. The Morgan fingerprint density at radius 1 is 0.941 bits per heavy atom. The van der Waals surface area contributed by atoms with Crippen molar-refractivity contribution in [3.8, 4) is 0 Å². The Kier molecular flexibility index (Phi) is 2.18. The van der Waals surface area contributed by atoms with Crippen molar-refractivity contribution in [2.45, 2.75) is 6.42 Å². The van der Waals surface area contributed by atoms with Gasteiger partial charge >= 0.3 is 0 Å². The van der Waals surface area contributed by atoms with Crippen LogP contribution in [0, 0.1) is 5.92 Å². The van der Waals surface area contributed by atoms with Gasteiger partial charge in [-0.25, -0.2) is 0 Å². The minimum atomic E-state index is -0.612. The first-order chi connectivity index (χ1) is 8.27. The summed E-state index contributed by atoms with van der Waals surface area (Å²) in [6.07, 6.45) is 1.89. The first kappa shape index (κ1) is 10.0. The van der Waals surface area contributed by atoms with Crippen molar-refractivity contribution in [2.75, 3.05) is 0 Å². The van der Waals surface area contributed by atoms with Crippen molar-refractivity contribution in [1.29, 1.82) is 0 Å². The SMILES string of the molecule is O=C1c2ccccc2C(=O)C1Cc1ccco1. The van der Waals surface area contributed by atoms with Crippen LogP contribution in [0.25, 0.3) is 0 Å². The summed E-state index contributed by atoms with van der Waals surface area (Å²) in [6.45, 7) is 0. The first-order valence-electron chi connectivity index (χ1n) is 5.47. The summed E-state index contributed by atoms with van der Waals surface area (Å²) in [7, 11) is 0. The third-order valence-corrected chi connectivity index (χ3v) is 3.08. The van der Waals surface area contributed by atoms with E-state index in [1.54, 1.807) is 42.7 Å². The van der Waals surface area contributed by atoms with E-state index in [-0.39, 0.29) is 11.6 Å². The topological polar surface area (TPSA) is 47.3 Å². The molecule has 3 nitrogen and oxygen atoms in total. The van der Waals surface area contributed by atoms with Crippen LogP contribution < -0.4 is 0 Å². The van der Waals surface area contributed by atoms with Gasteiger partial charge in [-0.1, -0.05) is 24.3 Å². The number of ketones is 2. The van der Waals surface area contributed by atoms with E-state index in [1.807, 2.05) is 0 Å². The molecular formula is C14H10O3. The number of fused-ring (bicyclic) bond motifs is 1. The predicted molar refractivity (Wildman–Crippen MR) is 61.0 cm³/mol. The molecule has 0 saturated heterocycles. The summed E-state index contributed by atoms with van der Waals surface area (Å²) in [5.74, 6) is -0.132. The second kappa shape index (κ2) is 3.70. The van der Waals surface area contributed by atoms with Crippen LogP contribution in [0.2, 0.25) is 0 Å². The summed E-state index contributed by atoms with van der Waals surface area (Å²) in [4.78, 5) is 24.1. The zero-order valence-electron chi connectivity index (χ0n) is 9.05. The van der Waals surface area contributed by atoms with Gasteiger partial charge in [0.15, 0.2) is 11.6 Å². The highest BCUT2D eigenvalue weighted by molar-refractivity contribution is 6.26. The van der Waals surface area contributed by atoms with Crippen LogP contribution in [0.3, 0.4) is 0 Å². The molecule has 0 spiro atoms. The predicted octanol–water partition coefficient (Wildman–Crippen LogP) is 2.52. The lowest BCUT2D eigenvalue weighted by Crippen LogP contribution is -2.17. The van der Waals surface area contributed by atoms with Gasteiger partial charge in [-0.05, 0) is 12.1 Å². The molecule has 0 bridgehead atoms. The van der Waals surface area contributed by atoms with Gasteiger partial charge in [0.25, 0.3) is 0 Å². The van der Waals surface area contributed by atoms with E-state index in [2.05, 4.69) is 0 Å². The van der Waals surface area contributed by atoms with Crippen molar-refractivity contribution in [1.82, 2.24) is 0 Å². The Balaban J connectivity index is 1.95. The number of furan rings is 1. The summed E-state index contributed by atoms with van der Waals surface area (Å²) in [6, 6.07) is 10.5. The Morgan fingerprint density at radius 2 is 1.59 bits per heavy atom. The Morgan fingerprint density at radius 3 is 2.12 bits per heavy atom. The van der Waals surface area contributed by atoms with E-state index < -0.39 is 5.92 Å². The lowest BCUT2D eigenvalue weighted by molar-refractivity contribution is 0.0833. The van der Waals surface area contributed by atoms with Gasteiger partial charge in [-0.15, -0.1) is 0 Å². The van der Waals surface area contributed by atoms with E-state index in [0.717, 1.165) is 0 Å². The molecule has 17 heavy (non-hydrogen) atoms. The Labute approximate surface area is 98.1 Å². The zero-order chi connectivity index (χ0) is 11.8. The largest absolute Gasteiger partial charge is 0.469 e. The van der Waals surface area contributed by atoms with Crippen LogP contribution in [-0.2, 0) is 6.42 Å². The molecule has 0 radical (unpaired) electrons. The molecule has 1 aliphatic carbocycles. The number of hydrogen-bond acceptors (Lipinski definition) is 3. The molecule has 1 aromatic carbocycles. The van der Waals surface area contributed by atoms with Crippen molar-refractivity contribution in [2.24, 2.45) is 5.92 Å². The molecule has 1 heterocycles. The highest BCUT2D eigenvalue weighted by Crippen LogP contribution is 2.29. The number of benzene rings is 1. The summed E-state index contributed by atoms with van der Waals surface area (Å²) >= 11 is 0. The van der Waals surface area contributed by atoms with Gasteiger partial charge in [0.1, 0.15) is 5.76 Å². The fourth-order valence-electron chi connectivity index (χ4n) is 2.22. The average Bonchev–Trinajstić information content (AvgIpc) is 2.94. The quantitative estimate of drug-likeness (QED) is 0.739. The van der Waals surface area contributed by atoms with Crippen LogP contribution in [0.15, 0.2) is 47.1 Å². The monoisotopic (exact) mass is 226 g/mol. The molecule has 0 amide bonds. The maximum atomic E-state index is 12.1. The maximum Gasteiger partial charge on any atom is 0.174 e. The van der Waals surface area contributed by atoms with Gasteiger partial charge in [-0.2, -0.15) is 0 Å². The molecule has 0 atom stereocenters. The molecule has 0 saturated carbocycles. The molecule has 2 aromatic rings. The second-order valence-corrected chi connectivity index (χ2v) is 4.11. The minimum absolute atomic E-state index is 0.0954. The summed E-state index contributed by atoms with van der Waals surface area (Å²) in [5.41, 5.74) is 1.07. The van der Waals surface area contributed by atoms with Crippen LogP contribution in [0.4, 0.5) is 0 Å². The highest BCUT2D eigenvalue weighted by atomic mass is 16.3. The smallest absolute Gasteiger partial charge is 0.174 e. The van der Waals surface area contributed by atoms with Crippen molar-refractivity contribution in [3.05, 3.63) is 59.5 Å². The van der Waals surface area contributed by atoms with E-state index in [4.69, 9.17) is 4.42 Å². The standard InChI is InChI=1S/C14H10O3/c15-13-10-5-1-2-6-11(10)14(16)12(13)8-9-4-3-7-17-9/h1-7,12H,8H2. The van der Waals surface area contributed by atoms with Gasteiger partial charge in [-0.3, -0.25) is 9.59 Å². The third-order valence-electron chi connectivity index (χ3n) is 3.08. The zero-order valence-corrected chi connectivity index (χ0v) is 9.05. The van der Waals surface area contributed by atoms with Crippen LogP contribution >= 0.6 is 0 Å². The molecule has 3 heteroatoms. The number of carbonyl (C=O) groups is 2. The second-order valence-electron chi connectivity index (χ2n) is 4.11. The molecule has 3 rings (SSSR count). The van der Waals surface area contributed by atoms with Crippen molar-refractivity contribution in [3.63, 3.8) is 0 Å². The molecular weight excluding hydrogens is 216 g/mol. The average molecular weight is 226 g/mol. The third kappa shape index (κ3) is 1.51. The normalized spacial score (nSPS) is 15.3. The molecule has 1 aliphatic rings. The van der Waals surface area contributed by atoms with E-state index in [0.29, 0.717) is 23.3 Å². The van der Waals surface area contributed by atoms with Crippen molar-refractivity contribution >= 4 is 11.6 Å². The molecule has 0 aliphatic heterocycles. The van der Waals surface area contributed by atoms with Gasteiger partial charge in [0, 0.05) is 17.5 Å². The lowest BCUT2D eigenvalue weighted by Gasteiger charge is -2.03. The van der Waals surface area contributed by atoms with Gasteiger partial charge < -0.3 is 4.42 Å². The minimum Gasteiger partial charge on any atom is -0.469 e. The first-order valence-corrected chi connectivity index (χ1v) is 5.47. The summed E-state index contributed by atoms with van der Waals surface area (Å²) < 4.78 is 5.19. The van der Waals surface area contributed by atoms with E-state index in [9.17, 15) is 9.59 Å². The fourth-order valence-corrected chi connectivity index (χ4v) is 2.22. The molecule has 0 fully saturated rings. The van der Waals surface area contributed by atoms with Crippen LogP contribution in [0.1, 0.15) is 26.5 Å². The summed E-state index contributed by atoms with van der Waals surface area (Å²) in [5, 5.41) is 0. The van der Waals surface area contributed by atoms with Crippen LogP contribution in [-0.4, -0.2) is 11.6 Å². The van der Waals surface area contributed by atoms with Gasteiger partial charge in [0.05, 0.1) is 12.2 Å². The van der Waals surface area contributed by atoms with Crippen molar-refractivity contribution < 1.29 is 14.0 Å². The molecule has 84 valence electrons. The number of hydrogen-bond donors (Lipinski definition) is 0. The fraction of sp³-hybridized carbons (Fsp3) is 0.143. The number of Topliss-reactive ketones (excluding diaryl/α,β-unsaturated/α-hetero) is 2. The molecule has 1 aromatic heterocycles. The van der Waals surface area contributed by atoms with E-state index in [1.165, 1.54) is 0 Å². The highest BCUT2D eigenvalue weighted by Gasteiger charge is 2.38. The Bertz CT molecular complexity index is 546. The molecule has 0 unspecified atom stereocenters. The lowest BCUT2D eigenvalue weighted by atomic mass is 9.98. The maximum absolute atomic E-state index is 12.1. The molecule has 0 N–H and O–H groups in total. The van der Waals surface area contributed by atoms with Crippen LogP contribution in [0.5, 0.6) is 0 Å². The number of carbonyl (C=O) groups excluding carboxylic acids is 2. The van der Waals surface area contributed by atoms with Gasteiger partial charge in [0.2, 0.25) is 0 Å².